The zero-order valence-corrected chi connectivity index (χ0v) is 18.9. The smallest absolute Gasteiger partial charge is 0.315 e. The van der Waals surface area contributed by atoms with E-state index in [1.165, 1.54) is 0 Å². The summed E-state index contributed by atoms with van der Waals surface area (Å²) < 4.78 is 12.5. The molecular formula is C24H34NO5+. The molecule has 1 aromatic rings. The molecule has 0 amide bonds. The molecule has 6 heteroatoms. The van der Waals surface area contributed by atoms with Gasteiger partial charge in [0.2, 0.25) is 6.73 Å². The lowest BCUT2D eigenvalue weighted by atomic mass is 9.55. The van der Waals surface area contributed by atoms with Crippen LogP contribution < -0.4 is 4.74 Å². The van der Waals surface area contributed by atoms with E-state index in [-0.39, 0.29) is 29.5 Å². The Hall–Kier alpha value is -2.08. The van der Waals surface area contributed by atoms with Gasteiger partial charge in [-0.2, -0.15) is 0 Å². The summed E-state index contributed by atoms with van der Waals surface area (Å²) in [7, 11) is 2.14. The van der Waals surface area contributed by atoms with Crippen LogP contribution in [0.5, 0.6) is 11.5 Å². The number of aryl methyl sites for hydroxylation is 1. The highest BCUT2D eigenvalue weighted by Gasteiger charge is 2.66. The van der Waals surface area contributed by atoms with Gasteiger partial charge in [-0.25, -0.2) is 0 Å². The van der Waals surface area contributed by atoms with Gasteiger partial charge in [0.1, 0.15) is 0 Å². The van der Waals surface area contributed by atoms with Crippen LogP contribution in [0.15, 0.2) is 12.1 Å². The van der Waals surface area contributed by atoms with Gasteiger partial charge >= 0.3 is 5.97 Å². The normalized spacial score (nSPS) is 35.1. The third-order valence-electron chi connectivity index (χ3n) is 7.87. The fourth-order valence-corrected chi connectivity index (χ4v) is 5.94. The summed E-state index contributed by atoms with van der Waals surface area (Å²) in [5, 5.41) is 10.5. The van der Waals surface area contributed by atoms with Crippen molar-refractivity contribution < 1.29 is 28.7 Å². The number of Topliss-reactive ketones (excluding diaryl/α,β-unsaturated/α-hetero) is 1. The lowest BCUT2D eigenvalue weighted by Crippen LogP contribution is -2.69. The standard InChI is InChI=1S/C24H33NO5/c1-14-7-9-17(26)20-19(14)24-11-12-25(6,13-29-22(28)23(3,4)5)15(2)16(24)8-10-18(27)21(24)30-20/h7,9,15-16,21H,8,10-13H2,1-6H3/p+1. The van der Waals surface area contributed by atoms with Crippen LogP contribution in [0, 0.1) is 18.3 Å². The quantitative estimate of drug-likeness (QED) is 0.590. The van der Waals surface area contributed by atoms with Crippen LogP contribution >= 0.6 is 0 Å². The van der Waals surface area contributed by atoms with Crippen LogP contribution in [0.25, 0.3) is 0 Å². The molecule has 2 aliphatic heterocycles. The van der Waals surface area contributed by atoms with Crippen LogP contribution in [-0.4, -0.2) is 53.8 Å². The van der Waals surface area contributed by atoms with Gasteiger partial charge in [0.15, 0.2) is 23.4 Å². The predicted octanol–water partition coefficient (Wildman–Crippen LogP) is 3.46. The van der Waals surface area contributed by atoms with Crippen molar-refractivity contribution in [1.29, 1.82) is 0 Å². The summed E-state index contributed by atoms with van der Waals surface area (Å²) in [5.74, 6) is 0.738. The molecule has 164 valence electrons. The second kappa shape index (κ2) is 6.71. The van der Waals surface area contributed by atoms with Crippen molar-refractivity contribution in [1.82, 2.24) is 0 Å². The van der Waals surface area contributed by atoms with E-state index < -0.39 is 16.9 Å². The van der Waals surface area contributed by atoms with Crippen LogP contribution in [-0.2, 0) is 19.7 Å². The number of hydrogen-bond donors (Lipinski definition) is 1. The summed E-state index contributed by atoms with van der Waals surface area (Å²) >= 11 is 0. The minimum atomic E-state index is -0.536. The molecule has 1 spiro atoms. The molecule has 2 heterocycles. The number of fused-ring (bicyclic) bond motifs is 1. The summed E-state index contributed by atoms with van der Waals surface area (Å²) in [6.07, 6.45) is 1.50. The SMILES string of the molecule is Cc1ccc(O)c2c1C13CC[N+](C)(COC(=O)C(C)(C)C)C(C)C1CCC(=O)C3O2. The van der Waals surface area contributed by atoms with Crippen LogP contribution in [0.3, 0.4) is 0 Å². The largest absolute Gasteiger partial charge is 0.504 e. The highest BCUT2D eigenvalue weighted by molar-refractivity contribution is 5.88. The lowest BCUT2D eigenvalue weighted by Gasteiger charge is -2.56. The molecule has 1 aromatic carbocycles. The molecule has 1 saturated heterocycles. The lowest BCUT2D eigenvalue weighted by molar-refractivity contribution is -0.957. The van der Waals surface area contributed by atoms with E-state index in [1.54, 1.807) is 6.07 Å². The van der Waals surface area contributed by atoms with Gasteiger partial charge in [0, 0.05) is 24.3 Å². The Morgan fingerprint density at radius 3 is 2.73 bits per heavy atom. The highest BCUT2D eigenvalue weighted by atomic mass is 16.5. The summed E-state index contributed by atoms with van der Waals surface area (Å²) in [5.41, 5.74) is 1.12. The van der Waals surface area contributed by atoms with Crippen molar-refractivity contribution in [2.24, 2.45) is 11.3 Å². The summed E-state index contributed by atoms with van der Waals surface area (Å²) in [6, 6.07) is 3.75. The third-order valence-corrected chi connectivity index (χ3v) is 7.87. The number of nitrogens with zero attached hydrogens (tertiary/aromatic N) is 1. The van der Waals surface area contributed by atoms with Crippen molar-refractivity contribution in [3.05, 3.63) is 23.3 Å². The molecule has 2 fully saturated rings. The molecule has 1 N–H and O–H groups in total. The van der Waals surface area contributed by atoms with E-state index in [9.17, 15) is 14.7 Å². The Balaban J connectivity index is 1.71. The molecule has 0 radical (unpaired) electrons. The number of likely N-dealkylation sites (tertiary alicyclic amines) is 1. The van der Waals surface area contributed by atoms with Gasteiger partial charge in [-0.15, -0.1) is 0 Å². The zero-order valence-electron chi connectivity index (χ0n) is 18.9. The average Bonchev–Trinajstić information content (AvgIpc) is 3.04. The number of quaternary nitrogens is 1. The topological polar surface area (TPSA) is 72.8 Å². The van der Waals surface area contributed by atoms with E-state index in [0.717, 1.165) is 30.5 Å². The molecule has 0 bridgehead atoms. The molecule has 0 aromatic heterocycles. The monoisotopic (exact) mass is 416 g/mol. The predicted molar refractivity (Wildman–Crippen MR) is 112 cm³/mol. The highest BCUT2D eigenvalue weighted by Crippen LogP contribution is 2.60. The van der Waals surface area contributed by atoms with Crippen molar-refractivity contribution in [2.45, 2.75) is 71.4 Å². The maximum absolute atomic E-state index is 12.9. The molecule has 1 aliphatic carbocycles. The van der Waals surface area contributed by atoms with Gasteiger partial charge in [0.25, 0.3) is 0 Å². The molecule has 5 unspecified atom stereocenters. The number of rotatable bonds is 2. The first-order chi connectivity index (χ1) is 13.9. The summed E-state index contributed by atoms with van der Waals surface area (Å²) in [6.45, 7) is 10.9. The molecule has 30 heavy (non-hydrogen) atoms. The Bertz CT molecular complexity index is 904. The second-order valence-electron chi connectivity index (χ2n) is 10.8. The molecule has 1 saturated carbocycles. The Labute approximate surface area is 178 Å². The van der Waals surface area contributed by atoms with E-state index in [0.29, 0.717) is 23.4 Å². The first-order valence-corrected chi connectivity index (χ1v) is 11.0. The number of hydrogen-bond acceptors (Lipinski definition) is 5. The van der Waals surface area contributed by atoms with Gasteiger partial charge in [0.05, 0.1) is 30.5 Å². The van der Waals surface area contributed by atoms with Crippen molar-refractivity contribution in [3.8, 4) is 11.5 Å². The number of phenolic OH excluding ortho intramolecular Hbond substituents is 1. The number of carbonyl (C=O) groups is 2. The second-order valence-corrected chi connectivity index (χ2v) is 10.8. The number of ether oxygens (including phenoxy) is 2. The van der Waals surface area contributed by atoms with E-state index in [4.69, 9.17) is 9.47 Å². The maximum atomic E-state index is 12.9. The first-order valence-electron chi connectivity index (χ1n) is 11.0. The minimum absolute atomic E-state index is 0.112. The first kappa shape index (κ1) is 21.2. The van der Waals surface area contributed by atoms with Crippen LogP contribution in [0.4, 0.5) is 0 Å². The van der Waals surface area contributed by atoms with Crippen molar-refractivity contribution in [2.75, 3.05) is 20.3 Å². The summed E-state index contributed by atoms with van der Waals surface area (Å²) in [4.78, 5) is 25.3. The Kier molecular flexibility index (Phi) is 4.73. The van der Waals surface area contributed by atoms with E-state index in [1.807, 2.05) is 33.8 Å². The molecule has 4 rings (SSSR count). The number of aromatic hydroxyl groups is 1. The number of piperidine rings is 1. The molecular weight excluding hydrogens is 382 g/mol. The fourth-order valence-electron chi connectivity index (χ4n) is 5.94. The van der Waals surface area contributed by atoms with Gasteiger partial charge in [-0.3, -0.25) is 14.1 Å². The zero-order chi connectivity index (χ0) is 22.1. The van der Waals surface area contributed by atoms with Gasteiger partial charge in [-0.05, 0) is 52.7 Å². The Morgan fingerprint density at radius 1 is 1.37 bits per heavy atom. The number of esters is 1. The number of benzene rings is 1. The van der Waals surface area contributed by atoms with Crippen molar-refractivity contribution in [3.63, 3.8) is 0 Å². The minimum Gasteiger partial charge on any atom is -0.504 e. The maximum Gasteiger partial charge on any atom is 0.315 e. The molecule has 6 nitrogen and oxygen atoms in total. The molecule has 3 aliphatic rings. The average molecular weight is 417 g/mol. The van der Waals surface area contributed by atoms with Crippen LogP contribution in [0.2, 0.25) is 0 Å². The van der Waals surface area contributed by atoms with Crippen LogP contribution in [0.1, 0.15) is 58.1 Å². The number of phenols is 1. The molecule has 5 atom stereocenters. The number of ketones is 1. The number of carbonyl (C=O) groups excluding carboxylic acids is 2. The van der Waals surface area contributed by atoms with E-state index >= 15 is 0 Å². The van der Waals surface area contributed by atoms with Gasteiger partial charge in [-0.1, -0.05) is 6.07 Å². The van der Waals surface area contributed by atoms with Crippen molar-refractivity contribution >= 4 is 11.8 Å². The van der Waals surface area contributed by atoms with Gasteiger partial charge < -0.3 is 14.6 Å². The Morgan fingerprint density at radius 2 is 2.07 bits per heavy atom. The fraction of sp³-hybridized carbons (Fsp3) is 0.667. The van der Waals surface area contributed by atoms with E-state index in [2.05, 4.69) is 14.0 Å². The third kappa shape index (κ3) is 2.87.